The molecule has 2 aromatic carbocycles. The van der Waals surface area contributed by atoms with Gasteiger partial charge in [0.15, 0.2) is 0 Å². The van der Waals surface area contributed by atoms with Crippen LogP contribution in [0.3, 0.4) is 0 Å². The van der Waals surface area contributed by atoms with Crippen LogP contribution in [-0.2, 0) is 4.79 Å². The molecule has 0 bridgehead atoms. The minimum Gasteiger partial charge on any atom is -0.338 e. The molecule has 0 saturated carbocycles. The first-order valence-electron chi connectivity index (χ1n) is 10.9. The molecule has 2 aromatic rings. The van der Waals surface area contributed by atoms with E-state index in [1.807, 2.05) is 48.5 Å². The molecule has 30 heavy (non-hydrogen) atoms. The number of rotatable bonds is 8. The molecule has 160 valence electrons. The first-order valence-corrected chi connectivity index (χ1v) is 10.9. The fraction of sp³-hybridized carbons (Fsp3) is 0.417. The number of amides is 3. The van der Waals surface area contributed by atoms with E-state index in [-0.39, 0.29) is 11.9 Å². The summed E-state index contributed by atoms with van der Waals surface area (Å²) in [6.45, 7) is 5.76. The van der Waals surface area contributed by atoms with Crippen LogP contribution in [0.1, 0.15) is 39.0 Å². The van der Waals surface area contributed by atoms with Gasteiger partial charge in [0.25, 0.3) is 0 Å². The average Bonchev–Trinajstić information content (AvgIpc) is 2.74. The SMILES string of the molecule is CC(=O)Nc1cccc(-c2ccc(NC(=O)NCCCCN3CCCCC3)cc2)c1. The molecule has 1 aliphatic heterocycles. The smallest absolute Gasteiger partial charge is 0.319 e. The van der Waals surface area contributed by atoms with Crippen LogP contribution in [0.2, 0.25) is 0 Å². The molecule has 1 heterocycles. The molecule has 3 rings (SSSR count). The van der Waals surface area contributed by atoms with Crippen molar-refractivity contribution in [2.75, 3.05) is 36.8 Å². The Balaban J connectivity index is 1.40. The van der Waals surface area contributed by atoms with Gasteiger partial charge in [-0.3, -0.25) is 4.79 Å². The van der Waals surface area contributed by atoms with Crippen molar-refractivity contribution in [2.45, 2.75) is 39.0 Å². The summed E-state index contributed by atoms with van der Waals surface area (Å²) in [7, 11) is 0. The van der Waals surface area contributed by atoms with Gasteiger partial charge in [-0.2, -0.15) is 0 Å². The third kappa shape index (κ3) is 7.19. The summed E-state index contributed by atoms with van der Waals surface area (Å²) in [5, 5.41) is 8.61. The van der Waals surface area contributed by atoms with Crippen molar-refractivity contribution in [3.63, 3.8) is 0 Å². The number of hydrogen-bond acceptors (Lipinski definition) is 3. The number of piperidine rings is 1. The Labute approximate surface area is 179 Å². The van der Waals surface area contributed by atoms with Crippen LogP contribution in [-0.4, -0.2) is 43.0 Å². The Morgan fingerprint density at radius 1 is 0.867 bits per heavy atom. The zero-order valence-electron chi connectivity index (χ0n) is 17.7. The minimum atomic E-state index is -0.173. The molecule has 6 nitrogen and oxygen atoms in total. The topological polar surface area (TPSA) is 73.5 Å². The lowest BCUT2D eigenvalue weighted by Gasteiger charge is -2.26. The van der Waals surface area contributed by atoms with Gasteiger partial charge >= 0.3 is 6.03 Å². The van der Waals surface area contributed by atoms with Crippen molar-refractivity contribution in [3.05, 3.63) is 48.5 Å². The number of unbranched alkanes of at least 4 members (excludes halogenated alkanes) is 1. The van der Waals surface area contributed by atoms with E-state index in [2.05, 4.69) is 20.9 Å². The van der Waals surface area contributed by atoms with Gasteiger partial charge in [0.05, 0.1) is 0 Å². The lowest BCUT2D eigenvalue weighted by atomic mass is 10.0. The maximum Gasteiger partial charge on any atom is 0.319 e. The molecule has 1 fully saturated rings. The van der Waals surface area contributed by atoms with Crippen molar-refractivity contribution in [2.24, 2.45) is 0 Å². The first kappa shape index (κ1) is 21.8. The Morgan fingerprint density at radius 3 is 2.37 bits per heavy atom. The van der Waals surface area contributed by atoms with Crippen molar-refractivity contribution in [3.8, 4) is 11.1 Å². The zero-order chi connectivity index (χ0) is 21.2. The third-order valence-electron chi connectivity index (χ3n) is 5.29. The van der Waals surface area contributed by atoms with Gasteiger partial charge in [0, 0.05) is 24.8 Å². The van der Waals surface area contributed by atoms with E-state index in [0.29, 0.717) is 6.54 Å². The van der Waals surface area contributed by atoms with E-state index in [1.54, 1.807) is 0 Å². The van der Waals surface area contributed by atoms with E-state index < -0.39 is 0 Å². The summed E-state index contributed by atoms with van der Waals surface area (Å²) < 4.78 is 0. The fourth-order valence-electron chi connectivity index (χ4n) is 3.75. The summed E-state index contributed by atoms with van der Waals surface area (Å²) >= 11 is 0. The van der Waals surface area contributed by atoms with E-state index in [0.717, 1.165) is 41.9 Å². The van der Waals surface area contributed by atoms with Gasteiger partial charge in [0.1, 0.15) is 0 Å². The molecule has 1 saturated heterocycles. The lowest BCUT2D eigenvalue weighted by Crippen LogP contribution is -2.32. The quantitative estimate of drug-likeness (QED) is 0.554. The Bertz CT molecular complexity index is 829. The maximum absolute atomic E-state index is 12.1. The first-order chi connectivity index (χ1) is 14.6. The number of benzene rings is 2. The number of nitrogens with one attached hydrogen (secondary N) is 3. The molecule has 0 unspecified atom stereocenters. The van der Waals surface area contributed by atoms with E-state index in [9.17, 15) is 9.59 Å². The van der Waals surface area contributed by atoms with Gasteiger partial charge in [-0.15, -0.1) is 0 Å². The van der Waals surface area contributed by atoms with Crippen molar-refractivity contribution in [1.29, 1.82) is 0 Å². The Hall–Kier alpha value is -2.86. The molecule has 0 aliphatic carbocycles. The second kappa shape index (κ2) is 11.4. The molecule has 6 heteroatoms. The number of carbonyl (C=O) groups is 2. The Morgan fingerprint density at radius 2 is 1.63 bits per heavy atom. The summed E-state index contributed by atoms with van der Waals surface area (Å²) in [5.74, 6) is -0.0933. The molecule has 3 amide bonds. The molecule has 1 aliphatic rings. The largest absolute Gasteiger partial charge is 0.338 e. The lowest BCUT2D eigenvalue weighted by molar-refractivity contribution is -0.114. The molecule has 0 radical (unpaired) electrons. The van der Waals surface area contributed by atoms with E-state index in [1.165, 1.54) is 39.3 Å². The number of hydrogen-bond donors (Lipinski definition) is 3. The van der Waals surface area contributed by atoms with Crippen molar-refractivity contribution < 1.29 is 9.59 Å². The summed E-state index contributed by atoms with van der Waals surface area (Å²) in [5.41, 5.74) is 3.54. The predicted octanol–water partition coefficient (Wildman–Crippen LogP) is 4.70. The van der Waals surface area contributed by atoms with Crippen LogP contribution >= 0.6 is 0 Å². The summed E-state index contributed by atoms with van der Waals surface area (Å²) in [6, 6.07) is 15.2. The van der Waals surface area contributed by atoms with Gasteiger partial charge < -0.3 is 20.9 Å². The Kier molecular flexibility index (Phi) is 8.27. The predicted molar refractivity (Wildman–Crippen MR) is 123 cm³/mol. The highest BCUT2D eigenvalue weighted by Gasteiger charge is 2.09. The number of carbonyl (C=O) groups excluding carboxylic acids is 2. The highest BCUT2D eigenvalue weighted by Crippen LogP contribution is 2.24. The number of nitrogens with zero attached hydrogens (tertiary/aromatic N) is 1. The highest BCUT2D eigenvalue weighted by atomic mass is 16.2. The zero-order valence-corrected chi connectivity index (χ0v) is 17.7. The van der Waals surface area contributed by atoms with Gasteiger partial charge in [-0.25, -0.2) is 4.79 Å². The van der Waals surface area contributed by atoms with Crippen LogP contribution in [0, 0.1) is 0 Å². The number of urea groups is 1. The molecular formula is C24H32N4O2. The molecular weight excluding hydrogens is 376 g/mol. The normalized spacial score (nSPS) is 14.2. The van der Waals surface area contributed by atoms with Crippen LogP contribution in [0.4, 0.5) is 16.2 Å². The monoisotopic (exact) mass is 408 g/mol. The standard InChI is InChI=1S/C24H32N4O2/c1-19(29)26-23-9-7-8-21(18-23)20-10-12-22(13-11-20)27-24(30)25-14-3-6-17-28-15-4-2-5-16-28/h7-13,18H,2-6,14-17H2,1H3,(H,26,29)(H2,25,27,30). The van der Waals surface area contributed by atoms with Gasteiger partial charge in [-0.05, 0) is 80.7 Å². The minimum absolute atomic E-state index is 0.0933. The molecule has 0 spiro atoms. The summed E-state index contributed by atoms with van der Waals surface area (Å²) in [4.78, 5) is 25.9. The molecule has 0 aromatic heterocycles. The van der Waals surface area contributed by atoms with E-state index in [4.69, 9.17) is 0 Å². The van der Waals surface area contributed by atoms with Crippen LogP contribution in [0.25, 0.3) is 11.1 Å². The number of anilines is 2. The van der Waals surface area contributed by atoms with Crippen molar-refractivity contribution >= 4 is 23.3 Å². The third-order valence-corrected chi connectivity index (χ3v) is 5.29. The van der Waals surface area contributed by atoms with Gasteiger partial charge in [-0.1, -0.05) is 30.7 Å². The molecule has 0 atom stereocenters. The van der Waals surface area contributed by atoms with E-state index >= 15 is 0 Å². The van der Waals surface area contributed by atoms with Crippen LogP contribution < -0.4 is 16.0 Å². The molecule has 3 N–H and O–H groups in total. The van der Waals surface area contributed by atoms with Crippen LogP contribution in [0.5, 0.6) is 0 Å². The fourth-order valence-corrected chi connectivity index (χ4v) is 3.75. The van der Waals surface area contributed by atoms with Crippen molar-refractivity contribution in [1.82, 2.24) is 10.2 Å². The second-order valence-corrected chi connectivity index (χ2v) is 7.83. The van der Waals surface area contributed by atoms with Gasteiger partial charge in [0.2, 0.25) is 5.91 Å². The highest BCUT2D eigenvalue weighted by molar-refractivity contribution is 5.90. The average molecular weight is 409 g/mol. The summed E-state index contributed by atoms with van der Waals surface area (Å²) in [6.07, 6.45) is 6.11. The second-order valence-electron chi connectivity index (χ2n) is 7.83. The number of likely N-dealkylation sites (tertiary alicyclic amines) is 1. The van der Waals surface area contributed by atoms with Crippen LogP contribution in [0.15, 0.2) is 48.5 Å². The maximum atomic E-state index is 12.1.